The molecule has 1 amide bonds. The molecule has 1 aromatic heterocycles. The Bertz CT molecular complexity index is 750. The van der Waals surface area contributed by atoms with Crippen molar-refractivity contribution >= 4 is 12.1 Å². The lowest BCUT2D eigenvalue weighted by Gasteiger charge is -2.12. The van der Waals surface area contributed by atoms with Crippen molar-refractivity contribution in [3.63, 3.8) is 0 Å². The number of methoxy groups -OCH3 is 2. The number of hydrogen-bond acceptors (Lipinski definition) is 7. The number of rotatable bonds is 6. The molecule has 0 aliphatic rings. The summed E-state index contributed by atoms with van der Waals surface area (Å²) >= 11 is 0. The highest BCUT2D eigenvalue weighted by Gasteiger charge is 2.21. The first-order valence-corrected chi connectivity index (χ1v) is 6.79. The van der Waals surface area contributed by atoms with Crippen molar-refractivity contribution in [2.24, 2.45) is 5.16 Å². The van der Waals surface area contributed by atoms with Gasteiger partial charge in [0.2, 0.25) is 5.75 Å². The Balaban J connectivity index is 2.26. The highest BCUT2D eigenvalue weighted by atomic mass is 19.1. The topological polar surface area (TPSA) is 106 Å². The molecule has 2 aromatic rings. The van der Waals surface area contributed by atoms with Gasteiger partial charge in [-0.1, -0.05) is 17.3 Å². The minimum Gasteiger partial charge on any atom is -0.489 e. The molecule has 8 nitrogen and oxygen atoms in total. The summed E-state index contributed by atoms with van der Waals surface area (Å²) in [6.45, 7) is 0.165. The van der Waals surface area contributed by atoms with E-state index in [0.717, 1.165) is 6.21 Å². The number of carbonyl (C=O) groups excluding carboxylic acids is 1. The molecule has 2 rings (SSSR count). The second kappa shape index (κ2) is 7.86. The van der Waals surface area contributed by atoms with E-state index < -0.39 is 5.91 Å². The van der Waals surface area contributed by atoms with Crippen molar-refractivity contribution in [1.29, 1.82) is 0 Å². The van der Waals surface area contributed by atoms with E-state index >= 15 is 0 Å². The van der Waals surface area contributed by atoms with Crippen molar-refractivity contribution in [2.75, 3.05) is 14.2 Å². The fourth-order valence-electron chi connectivity index (χ4n) is 1.90. The second-order valence-electron chi connectivity index (χ2n) is 4.53. The van der Waals surface area contributed by atoms with Crippen molar-refractivity contribution < 1.29 is 23.9 Å². The largest absolute Gasteiger partial charge is 0.489 e. The van der Waals surface area contributed by atoms with E-state index in [2.05, 4.69) is 20.4 Å². The van der Waals surface area contributed by atoms with Gasteiger partial charge < -0.3 is 20.0 Å². The summed E-state index contributed by atoms with van der Waals surface area (Å²) in [6, 6.07) is 5.70. The Morgan fingerprint density at radius 2 is 2.00 bits per heavy atom. The van der Waals surface area contributed by atoms with E-state index in [4.69, 9.17) is 14.7 Å². The Hall–Kier alpha value is -3.23. The number of hydrogen-bond donors (Lipinski definition) is 2. The average Bonchev–Trinajstić information content (AvgIpc) is 2.60. The molecule has 9 heteroatoms. The Labute approximate surface area is 137 Å². The Morgan fingerprint density at radius 1 is 1.29 bits per heavy atom. The third kappa shape index (κ3) is 3.94. The Morgan fingerprint density at radius 3 is 2.58 bits per heavy atom. The minimum absolute atomic E-state index is 0.0225. The molecule has 0 bridgehead atoms. The van der Waals surface area contributed by atoms with Crippen LogP contribution in [0.2, 0.25) is 0 Å². The van der Waals surface area contributed by atoms with Crippen LogP contribution in [0.4, 0.5) is 4.39 Å². The molecule has 0 aliphatic carbocycles. The molecule has 0 radical (unpaired) electrons. The summed E-state index contributed by atoms with van der Waals surface area (Å²) in [5, 5.41) is 14.1. The molecular formula is C15H15FN4O4. The Kier molecular flexibility index (Phi) is 5.61. The van der Waals surface area contributed by atoms with Crippen molar-refractivity contribution in [3.05, 3.63) is 47.2 Å². The van der Waals surface area contributed by atoms with Crippen LogP contribution >= 0.6 is 0 Å². The third-order valence-corrected chi connectivity index (χ3v) is 3.00. The van der Waals surface area contributed by atoms with Gasteiger partial charge in [-0.2, -0.15) is 4.98 Å². The zero-order chi connectivity index (χ0) is 17.5. The molecule has 0 saturated heterocycles. The first-order chi connectivity index (χ1) is 11.6. The van der Waals surface area contributed by atoms with E-state index in [1.807, 2.05) is 0 Å². The van der Waals surface area contributed by atoms with Crippen molar-refractivity contribution in [3.8, 4) is 11.6 Å². The molecule has 2 N–H and O–H groups in total. The van der Waals surface area contributed by atoms with Crippen LogP contribution in [0.1, 0.15) is 21.9 Å². The summed E-state index contributed by atoms with van der Waals surface area (Å²) in [4.78, 5) is 20.3. The molecule has 0 unspecified atom stereocenters. The highest BCUT2D eigenvalue weighted by Crippen LogP contribution is 2.27. The fourth-order valence-corrected chi connectivity index (χ4v) is 1.90. The van der Waals surface area contributed by atoms with Gasteiger partial charge in [0.05, 0.1) is 14.2 Å². The van der Waals surface area contributed by atoms with Crippen LogP contribution in [0.15, 0.2) is 29.4 Å². The smallest absolute Gasteiger partial charge is 0.274 e. The summed E-state index contributed by atoms with van der Waals surface area (Å²) < 4.78 is 23.1. The number of oxime groups is 1. The SMILES string of the molecule is COc1nc(C=NO)nc(C(=O)NCc2ccc(F)cc2)c1OC. The quantitative estimate of drug-likeness (QED) is 0.469. The number of halogens is 1. The van der Waals surface area contributed by atoms with Crippen LogP contribution < -0.4 is 14.8 Å². The van der Waals surface area contributed by atoms with Crippen molar-refractivity contribution in [1.82, 2.24) is 15.3 Å². The zero-order valence-corrected chi connectivity index (χ0v) is 13.0. The molecule has 0 spiro atoms. The van der Waals surface area contributed by atoms with Gasteiger partial charge in [0, 0.05) is 6.54 Å². The second-order valence-corrected chi connectivity index (χ2v) is 4.53. The maximum atomic E-state index is 12.9. The van der Waals surface area contributed by atoms with Gasteiger partial charge in [-0.05, 0) is 17.7 Å². The van der Waals surface area contributed by atoms with Crippen LogP contribution in [-0.2, 0) is 6.54 Å². The van der Waals surface area contributed by atoms with Crippen molar-refractivity contribution in [2.45, 2.75) is 6.54 Å². The molecule has 24 heavy (non-hydrogen) atoms. The first-order valence-electron chi connectivity index (χ1n) is 6.79. The number of carbonyl (C=O) groups is 1. The number of aromatic nitrogens is 2. The van der Waals surface area contributed by atoms with Gasteiger partial charge in [-0.15, -0.1) is 0 Å². The first kappa shape index (κ1) is 17.1. The molecule has 0 saturated carbocycles. The highest BCUT2D eigenvalue weighted by molar-refractivity contribution is 5.96. The van der Waals surface area contributed by atoms with Crippen LogP contribution in [0.25, 0.3) is 0 Å². The summed E-state index contributed by atoms with van der Waals surface area (Å²) in [5.74, 6) is -0.870. The fraction of sp³-hybridized carbons (Fsp3) is 0.200. The maximum absolute atomic E-state index is 12.9. The van der Waals surface area contributed by atoms with E-state index in [1.165, 1.54) is 26.4 Å². The van der Waals surface area contributed by atoms with Gasteiger partial charge in [0.25, 0.3) is 11.8 Å². The molecule has 1 aromatic carbocycles. The predicted octanol–water partition coefficient (Wildman–Crippen LogP) is 1.37. The maximum Gasteiger partial charge on any atom is 0.274 e. The summed E-state index contributed by atoms with van der Waals surface area (Å²) in [7, 11) is 2.70. The van der Waals surface area contributed by atoms with Crippen LogP contribution in [-0.4, -0.2) is 41.5 Å². The number of nitrogens with zero attached hydrogens (tertiary/aromatic N) is 3. The number of benzene rings is 1. The summed E-state index contributed by atoms with van der Waals surface area (Å²) in [5.41, 5.74) is 0.628. The van der Waals surface area contributed by atoms with Crippen LogP contribution in [0.3, 0.4) is 0 Å². The molecule has 1 heterocycles. The van der Waals surface area contributed by atoms with Crippen LogP contribution in [0.5, 0.6) is 11.6 Å². The molecular weight excluding hydrogens is 319 g/mol. The monoisotopic (exact) mass is 334 g/mol. The lowest BCUT2D eigenvalue weighted by Crippen LogP contribution is -2.25. The van der Waals surface area contributed by atoms with Gasteiger partial charge in [0.15, 0.2) is 11.5 Å². The van der Waals surface area contributed by atoms with E-state index in [0.29, 0.717) is 5.56 Å². The average molecular weight is 334 g/mol. The standard InChI is InChI=1S/C15H15FN4O4/c1-23-13-12(19-11(8-18-22)20-15(13)24-2)14(21)17-7-9-3-5-10(16)6-4-9/h3-6,8,22H,7H2,1-2H3,(H,17,21). The zero-order valence-electron chi connectivity index (χ0n) is 13.0. The number of nitrogens with one attached hydrogen (secondary N) is 1. The van der Waals surface area contributed by atoms with Gasteiger partial charge in [0.1, 0.15) is 12.0 Å². The number of ether oxygens (including phenoxy) is 2. The van der Waals surface area contributed by atoms with Gasteiger partial charge in [-0.3, -0.25) is 4.79 Å². The number of amides is 1. The lowest BCUT2D eigenvalue weighted by molar-refractivity contribution is 0.0941. The predicted molar refractivity (Wildman–Crippen MR) is 82.1 cm³/mol. The molecule has 0 fully saturated rings. The molecule has 0 aliphatic heterocycles. The van der Waals surface area contributed by atoms with Gasteiger partial charge in [-0.25, -0.2) is 9.37 Å². The lowest BCUT2D eigenvalue weighted by atomic mass is 10.2. The van der Waals surface area contributed by atoms with E-state index in [9.17, 15) is 9.18 Å². The summed E-state index contributed by atoms with van der Waals surface area (Å²) in [6.07, 6.45) is 0.957. The molecule has 0 atom stereocenters. The normalized spacial score (nSPS) is 10.6. The molecule has 126 valence electrons. The van der Waals surface area contributed by atoms with Gasteiger partial charge >= 0.3 is 0 Å². The van der Waals surface area contributed by atoms with E-state index in [-0.39, 0.29) is 35.5 Å². The van der Waals surface area contributed by atoms with Crippen LogP contribution in [0, 0.1) is 5.82 Å². The third-order valence-electron chi connectivity index (χ3n) is 3.00. The van der Waals surface area contributed by atoms with E-state index in [1.54, 1.807) is 12.1 Å². The minimum atomic E-state index is -0.551.